The highest BCUT2D eigenvalue weighted by molar-refractivity contribution is 6.04. The van der Waals surface area contributed by atoms with Gasteiger partial charge in [0.25, 0.3) is 5.91 Å². The standard InChI is InChI=1S/C16H17N3O3/c1-22-14-8-4-12(5-9-14)16(21)18-13-6-2-11(3-7-13)10-15(20)19-17/h2-9H,10,17H2,1H3,(H,18,21)(H,19,20). The van der Waals surface area contributed by atoms with Gasteiger partial charge in [-0.2, -0.15) is 0 Å². The molecule has 0 atom stereocenters. The van der Waals surface area contributed by atoms with Crippen molar-refractivity contribution in [1.29, 1.82) is 0 Å². The van der Waals surface area contributed by atoms with Crippen LogP contribution < -0.4 is 21.3 Å². The molecule has 2 amide bonds. The summed E-state index contributed by atoms with van der Waals surface area (Å²) in [6.45, 7) is 0. The molecule has 22 heavy (non-hydrogen) atoms. The van der Waals surface area contributed by atoms with Gasteiger partial charge in [0.15, 0.2) is 0 Å². The van der Waals surface area contributed by atoms with Crippen molar-refractivity contribution in [2.75, 3.05) is 12.4 Å². The Labute approximate surface area is 128 Å². The first kappa shape index (κ1) is 15.5. The fourth-order valence-corrected chi connectivity index (χ4v) is 1.89. The van der Waals surface area contributed by atoms with E-state index in [1.807, 2.05) is 0 Å². The Hall–Kier alpha value is -2.86. The first-order valence-electron chi connectivity index (χ1n) is 6.66. The molecule has 0 saturated heterocycles. The number of methoxy groups -OCH3 is 1. The van der Waals surface area contributed by atoms with Crippen molar-refractivity contribution in [3.05, 3.63) is 59.7 Å². The number of nitrogens with two attached hydrogens (primary N) is 1. The first-order chi connectivity index (χ1) is 10.6. The molecule has 0 aliphatic carbocycles. The summed E-state index contributed by atoms with van der Waals surface area (Å²) in [7, 11) is 1.57. The summed E-state index contributed by atoms with van der Waals surface area (Å²) < 4.78 is 5.05. The third kappa shape index (κ3) is 4.07. The molecule has 0 saturated carbocycles. The van der Waals surface area contributed by atoms with Crippen LogP contribution in [-0.4, -0.2) is 18.9 Å². The van der Waals surface area contributed by atoms with Crippen molar-refractivity contribution < 1.29 is 14.3 Å². The van der Waals surface area contributed by atoms with Crippen LogP contribution in [0.2, 0.25) is 0 Å². The predicted molar refractivity (Wildman–Crippen MR) is 83.4 cm³/mol. The second-order valence-corrected chi connectivity index (χ2v) is 4.62. The summed E-state index contributed by atoms with van der Waals surface area (Å²) in [5.74, 6) is 5.25. The van der Waals surface area contributed by atoms with Gasteiger partial charge in [0, 0.05) is 11.3 Å². The van der Waals surface area contributed by atoms with Crippen LogP contribution in [0, 0.1) is 0 Å². The number of carbonyl (C=O) groups is 2. The van der Waals surface area contributed by atoms with Gasteiger partial charge >= 0.3 is 0 Å². The fraction of sp³-hybridized carbons (Fsp3) is 0.125. The zero-order valence-corrected chi connectivity index (χ0v) is 12.1. The maximum Gasteiger partial charge on any atom is 0.255 e. The van der Waals surface area contributed by atoms with Crippen molar-refractivity contribution >= 4 is 17.5 Å². The summed E-state index contributed by atoms with van der Waals surface area (Å²) in [6.07, 6.45) is 0.198. The number of hydrogen-bond donors (Lipinski definition) is 3. The Kier molecular flexibility index (Phi) is 5.11. The van der Waals surface area contributed by atoms with Crippen LogP contribution in [0.1, 0.15) is 15.9 Å². The largest absolute Gasteiger partial charge is 0.497 e. The van der Waals surface area contributed by atoms with Crippen LogP contribution in [0.4, 0.5) is 5.69 Å². The molecule has 0 fully saturated rings. The van der Waals surface area contributed by atoms with Crippen molar-refractivity contribution in [1.82, 2.24) is 5.43 Å². The van der Waals surface area contributed by atoms with E-state index in [0.717, 1.165) is 5.56 Å². The molecule has 2 aromatic rings. The SMILES string of the molecule is COc1ccc(C(=O)Nc2ccc(CC(=O)NN)cc2)cc1. The smallest absolute Gasteiger partial charge is 0.255 e. The Morgan fingerprint density at radius 2 is 1.68 bits per heavy atom. The normalized spacial score (nSPS) is 9.91. The molecule has 0 bridgehead atoms. The van der Waals surface area contributed by atoms with E-state index in [-0.39, 0.29) is 18.2 Å². The van der Waals surface area contributed by atoms with E-state index in [1.54, 1.807) is 55.6 Å². The molecular formula is C16H17N3O3. The Morgan fingerprint density at radius 1 is 1.05 bits per heavy atom. The highest BCUT2D eigenvalue weighted by Gasteiger charge is 2.07. The average molecular weight is 299 g/mol. The van der Waals surface area contributed by atoms with E-state index in [0.29, 0.717) is 17.0 Å². The second kappa shape index (κ2) is 7.24. The van der Waals surface area contributed by atoms with Gasteiger partial charge in [-0.3, -0.25) is 15.0 Å². The third-order valence-electron chi connectivity index (χ3n) is 3.09. The van der Waals surface area contributed by atoms with Crippen LogP contribution in [0.25, 0.3) is 0 Å². The number of rotatable bonds is 5. The second-order valence-electron chi connectivity index (χ2n) is 4.62. The number of hydrogen-bond acceptors (Lipinski definition) is 4. The zero-order valence-electron chi connectivity index (χ0n) is 12.1. The third-order valence-corrected chi connectivity index (χ3v) is 3.09. The number of amides is 2. The lowest BCUT2D eigenvalue weighted by atomic mass is 10.1. The summed E-state index contributed by atoms with van der Waals surface area (Å²) >= 11 is 0. The molecule has 4 N–H and O–H groups in total. The monoisotopic (exact) mass is 299 g/mol. The molecule has 0 radical (unpaired) electrons. The summed E-state index contributed by atoms with van der Waals surface area (Å²) in [6, 6.07) is 13.8. The van der Waals surface area contributed by atoms with Gasteiger partial charge in [0.2, 0.25) is 5.91 Å². The predicted octanol–water partition coefficient (Wildman–Crippen LogP) is 1.48. The van der Waals surface area contributed by atoms with E-state index >= 15 is 0 Å². The van der Waals surface area contributed by atoms with E-state index in [9.17, 15) is 9.59 Å². The minimum Gasteiger partial charge on any atom is -0.497 e. The van der Waals surface area contributed by atoms with Crippen molar-refractivity contribution in [2.24, 2.45) is 5.84 Å². The number of nitrogens with one attached hydrogen (secondary N) is 2. The average Bonchev–Trinajstić information content (AvgIpc) is 2.56. The van der Waals surface area contributed by atoms with Gasteiger partial charge in [-0.1, -0.05) is 12.1 Å². The molecule has 0 heterocycles. The number of benzene rings is 2. The van der Waals surface area contributed by atoms with E-state index in [4.69, 9.17) is 10.6 Å². The fourth-order valence-electron chi connectivity index (χ4n) is 1.89. The molecular weight excluding hydrogens is 282 g/mol. The van der Waals surface area contributed by atoms with Crippen molar-refractivity contribution in [3.63, 3.8) is 0 Å². The Balaban J connectivity index is 2.00. The van der Waals surface area contributed by atoms with Crippen LogP contribution in [0.3, 0.4) is 0 Å². The van der Waals surface area contributed by atoms with Gasteiger partial charge in [-0.15, -0.1) is 0 Å². The van der Waals surface area contributed by atoms with E-state index in [1.165, 1.54) is 0 Å². The maximum atomic E-state index is 12.1. The van der Waals surface area contributed by atoms with Crippen LogP contribution in [0.5, 0.6) is 5.75 Å². The van der Waals surface area contributed by atoms with Gasteiger partial charge in [0.1, 0.15) is 5.75 Å². The molecule has 0 aromatic heterocycles. The highest BCUT2D eigenvalue weighted by atomic mass is 16.5. The minimum atomic E-state index is -0.269. The van der Waals surface area contributed by atoms with Gasteiger partial charge < -0.3 is 10.1 Å². The lowest BCUT2D eigenvalue weighted by molar-refractivity contribution is -0.120. The molecule has 0 spiro atoms. The Morgan fingerprint density at radius 3 is 2.23 bits per heavy atom. The van der Waals surface area contributed by atoms with E-state index in [2.05, 4.69) is 10.7 Å². The topological polar surface area (TPSA) is 93.4 Å². The van der Waals surface area contributed by atoms with Gasteiger partial charge in [-0.25, -0.2) is 5.84 Å². The summed E-state index contributed by atoms with van der Waals surface area (Å²) in [5.41, 5.74) is 4.07. The number of carbonyl (C=O) groups excluding carboxylic acids is 2. The summed E-state index contributed by atoms with van der Waals surface area (Å²) in [5, 5.41) is 2.79. The molecule has 2 rings (SSSR count). The quantitative estimate of drug-likeness (QED) is 0.443. The number of anilines is 1. The molecule has 6 heteroatoms. The minimum absolute atomic E-state index is 0.198. The highest BCUT2D eigenvalue weighted by Crippen LogP contribution is 2.14. The number of ether oxygens (including phenoxy) is 1. The van der Waals surface area contributed by atoms with Crippen LogP contribution in [-0.2, 0) is 11.2 Å². The van der Waals surface area contributed by atoms with Gasteiger partial charge in [-0.05, 0) is 42.0 Å². The molecule has 2 aromatic carbocycles. The van der Waals surface area contributed by atoms with Gasteiger partial charge in [0.05, 0.1) is 13.5 Å². The molecule has 6 nitrogen and oxygen atoms in total. The lowest BCUT2D eigenvalue weighted by Gasteiger charge is -2.07. The summed E-state index contributed by atoms with van der Waals surface area (Å²) in [4.78, 5) is 23.3. The van der Waals surface area contributed by atoms with Crippen molar-refractivity contribution in [3.8, 4) is 5.75 Å². The molecule has 0 aliphatic rings. The van der Waals surface area contributed by atoms with Crippen LogP contribution in [0.15, 0.2) is 48.5 Å². The molecule has 114 valence electrons. The van der Waals surface area contributed by atoms with Crippen LogP contribution >= 0.6 is 0 Å². The molecule has 0 unspecified atom stereocenters. The zero-order chi connectivity index (χ0) is 15.9. The lowest BCUT2D eigenvalue weighted by Crippen LogP contribution is -2.31. The first-order valence-corrected chi connectivity index (χ1v) is 6.66. The maximum absolute atomic E-state index is 12.1. The Bertz CT molecular complexity index is 651. The van der Waals surface area contributed by atoms with Crippen molar-refractivity contribution in [2.45, 2.75) is 6.42 Å². The number of hydrazine groups is 1. The van der Waals surface area contributed by atoms with E-state index < -0.39 is 0 Å². The molecule has 0 aliphatic heterocycles.